The van der Waals surface area contributed by atoms with Crippen LogP contribution >= 0.6 is 0 Å². The molecule has 0 saturated heterocycles. The van der Waals surface area contributed by atoms with Crippen molar-refractivity contribution in [1.29, 1.82) is 0 Å². The molecule has 74 valence electrons. The second kappa shape index (κ2) is 6.00. The highest BCUT2D eigenvalue weighted by molar-refractivity contribution is 7.85. The van der Waals surface area contributed by atoms with E-state index in [1.807, 2.05) is 0 Å². The second-order valence-electron chi connectivity index (χ2n) is 3.30. The Hall–Kier alpha value is -0.540. The van der Waals surface area contributed by atoms with Gasteiger partial charge in [0.05, 0.1) is 0 Å². The summed E-state index contributed by atoms with van der Waals surface area (Å²) in [5.74, 6) is 0.536. The van der Waals surface area contributed by atoms with Crippen molar-refractivity contribution in [2.45, 2.75) is 37.4 Å². The Labute approximate surface area is 80.8 Å². The molecule has 1 atom stereocenters. The monoisotopic (exact) mass is 201 g/mol. The molecular weight excluding hydrogens is 186 g/mol. The van der Waals surface area contributed by atoms with Gasteiger partial charge >= 0.3 is 0 Å². The predicted octanol–water partition coefficient (Wildman–Crippen LogP) is 2.38. The van der Waals surface area contributed by atoms with Crippen LogP contribution in [-0.2, 0) is 10.8 Å². The maximum atomic E-state index is 11.6. The molecule has 1 saturated carbocycles. The van der Waals surface area contributed by atoms with Crippen LogP contribution in [0.3, 0.4) is 0 Å². The lowest BCUT2D eigenvalue weighted by molar-refractivity contribution is 0.504. The van der Waals surface area contributed by atoms with Gasteiger partial charge in [-0.3, -0.25) is 4.21 Å². The minimum atomic E-state index is -0.773. The van der Waals surface area contributed by atoms with E-state index in [-0.39, 0.29) is 0 Å². The smallest absolute Gasteiger partial charge is 0.0373 e. The highest BCUT2D eigenvalue weighted by atomic mass is 32.2. The minimum absolute atomic E-state index is 0.364. The van der Waals surface area contributed by atoms with Crippen molar-refractivity contribution in [2.24, 2.45) is 5.11 Å². The van der Waals surface area contributed by atoms with Crippen molar-refractivity contribution in [1.82, 2.24) is 0 Å². The van der Waals surface area contributed by atoms with E-state index in [1.54, 1.807) is 0 Å². The summed E-state index contributed by atoms with van der Waals surface area (Å²) >= 11 is 0. The van der Waals surface area contributed by atoms with Gasteiger partial charge in [-0.05, 0) is 18.4 Å². The van der Waals surface area contributed by atoms with E-state index in [0.717, 1.165) is 12.8 Å². The molecular formula is C8H15N3OS. The molecule has 0 aromatic rings. The fraction of sp³-hybridized carbons (Fsp3) is 1.00. The summed E-state index contributed by atoms with van der Waals surface area (Å²) < 4.78 is 11.6. The van der Waals surface area contributed by atoms with E-state index in [2.05, 4.69) is 10.0 Å². The molecule has 0 radical (unpaired) electrons. The van der Waals surface area contributed by atoms with Crippen LogP contribution in [0.5, 0.6) is 0 Å². The van der Waals surface area contributed by atoms with Crippen LogP contribution in [0.1, 0.15) is 32.1 Å². The van der Waals surface area contributed by atoms with Crippen molar-refractivity contribution in [3.8, 4) is 0 Å². The Morgan fingerprint density at radius 1 is 1.38 bits per heavy atom. The third-order valence-corrected chi connectivity index (χ3v) is 4.18. The number of azide groups is 1. The molecule has 13 heavy (non-hydrogen) atoms. The zero-order chi connectivity index (χ0) is 9.52. The summed E-state index contributed by atoms with van der Waals surface area (Å²) in [6.07, 6.45) is 5.87. The highest BCUT2D eigenvalue weighted by Crippen LogP contribution is 2.21. The van der Waals surface area contributed by atoms with Gasteiger partial charge in [-0.15, -0.1) is 0 Å². The Morgan fingerprint density at radius 3 is 2.69 bits per heavy atom. The topological polar surface area (TPSA) is 65.8 Å². The second-order valence-corrected chi connectivity index (χ2v) is 5.14. The Morgan fingerprint density at radius 2 is 2.08 bits per heavy atom. The molecule has 0 heterocycles. The van der Waals surface area contributed by atoms with Gasteiger partial charge < -0.3 is 0 Å². The van der Waals surface area contributed by atoms with Gasteiger partial charge in [-0.1, -0.05) is 24.4 Å². The molecule has 4 nitrogen and oxygen atoms in total. The number of rotatable bonds is 4. The zero-order valence-electron chi connectivity index (χ0n) is 7.69. The normalized spacial score (nSPS) is 20.6. The molecule has 0 bridgehead atoms. The largest absolute Gasteiger partial charge is 0.259 e. The first kappa shape index (κ1) is 10.5. The summed E-state index contributed by atoms with van der Waals surface area (Å²) in [6, 6.07) is 0. The summed E-state index contributed by atoms with van der Waals surface area (Å²) in [7, 11) is -0.773. The molecule has 0 N–H and O–H groups in total. The fourth-order valence-electron chi connectivity index (χ4n) is 1.67. The van der Waals surface area contributed by atoms with E-state index in [0.29, 0.717) is 17.5 Å². The number of hydrogen-bond donors (Lipinski definition) is 0. The van der Waals surface area contributed by atoms with Crippen LogP contribution in [0.4, 0.5) is 0 Å². The lowest BCUT2D eigenvalue weighted by Gasteiger charge is -2.20. The molecule has 1 rings (SSSR count). The molecule has 1 fully saturated rings. The number of nitrogens with zero attached hydrogens (tertiary/aromatic N) is 3. The third kappa shape index (κ3) is 3.79. The van der Waals surface area contributed by atoms with Crippen LogP contribution in [0.25, 0.3) is 10.4 Å². The van der Waals surface area contributed by atoms with Gasteiger partial charge in [0.25, 0.3) is 0 Å². The van der Waals surface area contributed by atoms with Crippen molar-refractivity contribution >= 4 is 10.8 Å². The summed E-state index contributed by atoms with van der Waals surface area (Å²) in [4.78, 5) is 2.64. The van der Waals surface area contributed by atoms with Gasteiger partial charge in [-0.25, -0.2) is 0 Å². The van der Waals surface area contributed by atoms with Crippen molar-refractivity contribution in [2.75, 3.05) is 12.3 Å². The summed E-state index contributed by atoms with van der Waals surface area (Å²) in [5, 5.41) is 3.76. The van der Waals surface area contributed by atoms with E-state index in [1.165, 1.54) is 19.3 Å². The Bertz CT molecular complexity index is 219. The lowest BCUT2D eigenvalue weighted by atomic mass is 10.0. The number of hydrogen-bond acceptors (Lipinski definition) is 2. The van der Waals surface area contributed by atoms with E-state index >= 15 is 0 Å². The highest BCUT2D eigenvalue weighted by Gasteiger charge is 2.18. The molecule has 5 heteroatoms. The maximum Gasteiger partial charge on any atom is 0.0373 e. The van der Waals surface area contributed by atoms with Crippen molar-refractivity contribution in [3.63, 3.8) is 0 Å². The first-order valence-corrected chi connectivity index (χ1v) is 6.11. The van der Waals surface area contributed by atoms with Gasteiger partial charge in [0, 0.05) is 33.3 Å². The molecule has 0 aliphatic heterocycles. The molecule has 1 aliphatic rings. The summed E-state index contributed by atoms with van der Waals surface area (Å²) in [5.41, 5.74) is 8.05. The van der Waals surface area contributed by atoms with Crippen LogP contribution in [0.15, 0.2) is 5.11 Å². The molecule has 0 aromatic heterocycles. The Kier molecular flexibility index (Phi) is 4.86. The Balaban J connectivity index is 2.24. The zero-order valence-corrected chi connectivity index (χ0v) is 8.50. The molecule has 1 unspecified atom stereocenters. The van der Waals surface area contributed by atoms with Crippen LogP contribution in [-0.4, -0.2) is 21.8 Å². The van der Waals surface area contributed by atoms with Gasteiger partial charge in [0.2, 0.25) is 0 Å². The van der Waals surface area contributed by atoms with E-state index < -0.39 is 10.8 Å². The quantitative estimate of drug-likeness (QED) is 0.391. The molecule has 0 amide bonds. The lowest BCUT2D eigenvalue weighted by Crippen LogP contribution is -2.21. The van der Waals surface area contributed by atoms with Crippen LogP contribution in [0.2, 0.25) is 0 Å². The standard InChI is InChI=1S/C8H15N3OS/c9-11-10-6-7-13(12)8-4-2-1-3-5-8/h8H,1-7H2. The SMILES string of the molecule is [N-]=[N+]=NCCS(=O)C1CCCCC1. The van der Waals surface area contributed by atoms with Gasteiger partial charge in [0.1, 0.15) is 0 Å². The first-order valence-electron chi connectivity index (χ1n) is 4.72. The van der Waals surface area contributed by atoms with Gasteiger partial charge in [-0.2, -0.15) is 0 Å². The van der Waals surface area contributed by atoms with Crippen LogP contribution < -0.4 is 0 Å². The fourth-order valence-corrected chi connectivity index (χ4v) is 3.12. The summed E-state index contributed by atoms with van der Waals surface area (Å²) in [6.45, 7) is 0.375. The third-order valence-electron chi connectivity index (χ3n) is 2.38. The average Bonchev–Trinajstić information content (AvgIpc) is 2.19. The average molecular weight is 201 g/mol. The molecule has 1 aliphatic carbocycles. The maximum absolute atomic E-state index is 11.6. The molecule has 0 spiro atoms. The van der Waals surface area contributed by atoms with Crippen molar-refractivity contribution < 1.29 is 4.21 Å². The van der Waals surface area contributed by atoms with Gasteiger partial charge in [0.15, 0.2) is 0 Å². The van der Waals surface area contributed by atoms with Crippen molar-refractivity contribution in [3.05, 3.63) is 10.4 Å². The first-order chi connectivity index (χ1) is 6.34. The van der Waals surface area contributed by atoms with E-state index in [9.17, 15) is 4.21 Å². The van der Waals surface area contributed by atoms with E-state index in [4.69, 9.17) is 5.53 Å². The van der Waals surface area contributed by atoms with Crippen LogP contribution in [0, 0.1) is 0 Å². The minimum Gasteiger partial charge on any atom is -0.259 e. The molecule has 0 aromatic carbocycles. The predicted molar refractivity (Wildman–Crippen MR) is 53.9 cm³/mol.